The number of furan rings is 1. The Hall–Kier alpha value is -2.64. The maximum Gasteiger partial charge on any atom is 0.291 e. The summed E-state index contributed by atoms with van der Waals surface area (Å²) in [6.45, 7) is 6.50. The van der Waals surface area contributed by atoms with Crippen molar-refractivity contribution in [2.24, 2.45) is 0 Å². The van der Waals surface area contributed by atoms with Crippen molar-refractivity contribution in [3.63, 3.8) is 0 Å². The molecule has 2 amide bonds. The first-order valence-electron chi connectivity index (χ1n) is 8.67. The van der Waals surface area contributed by atoms with Crippen molar-refractivity contribution in [1.82, 2.24) is 10.2 Å². The Bertz CT molecular complexity index is 752. The lowest BCUT2D eigenvalue weighted by atomic mass is 10.1. The van der Waals surface area contributed by atoms with E-state index in [2.05, 4.69) is 15.5 Å². The van der Waals surface area contributed by atoms with Crippen molar-refractivity contribution >= 4 is 17.5 Å². The van der Waals surface area contributed by atoms with E-state index >= 15 is 0 Å². The predicted molar refractivity (Wildman–Crippen MR) is 97.4 cm³/mol. The van der Waals surface area contributed by atoms with Crippen LogP contribution in [-0.4, -0.2) is 56.1 Å². The predicted octanol–water partition coefficient (Wildman–Crippen LogP) is 1.90. The van der Waals surface area contributed by atoms with E-state index < -0.39 is 0 Å². The number of carbonyl (C=O) groups is 2. The van der Waals surface area contributed by atoms with Gasteiger partial charge in [-0.2, -0.15) is 0 Å². The Labute approximate surface area is 152 Å². The van der Waals surface area contributed by atoms with Crippen LogP contribution in [0.25, 0.3) is 0 Å². The van der Waals surface area contributed by atoms with Crippen molar-refractivity contribution in [3.05, 3.63) is 53.5 Å². The Morgan fingerprint density at radius 2 is 1.96 bits per heavy atom. The van der Waals surface area contributed by atoms with Gasteiger partial charge in [-0.05, 0) is 36.8 Å². The molecular weight excluding hydrogens is 334 g/mol. The normalized spacial score (nSPS) is 14.8. The van der Waals surface area contributed by atoms with Gasteiger partial charge in [0.05, 0.1) is 19.5 Å². The molecule has 0 radical (unpaired) electrons. The quantitative estimate of drug-likeness (QED) is 0.825. The van der Waals surface area contributed by atoms with Crippen molar-refractivity contribution in [2.75, 3.05) is 44.7 Å². The Balaban J connectivity index is 1.57. The molecule has 1 fully saturated rings. The fourth-order valence-electron chi connectivity index (χ4n) is 2.74. The number of rotatable bonds is 6. The average molecular weight is 357 g/mol. The van der Waals surface area contributed by atoms with E-state index in [1.165, 1.54) is 6.26 Å². The van der Waals surface area contributed by atoms with Gasteiger partial charge in [0.2, 0.25) is 0 Å². The maximum atomic E-state index is 12.4. The Kier molecular flexibility index (Phi) is 6.04. The molecule has 0 bridgehead atoms. The molecule has 26 heavy (non-hydrogen) atoms. The summed E-state index contributed by atoms with van der Waals surface area (Å²) in [6, 6.07) is 8.49. The second kappa shape index (κ2) is 8.64. The number of hydrogen-bond donors (Lipinski definition) is 2. The summed E-state index contributed by atoms with van der Waals surface area (Å²) in [5.74, 6) is -0.278. The topological polar surface area (TPSA) is 83.8 Å². The number of aryl methyl sites for hydroxylation is 1. The third-order valence-corrected chi connectivity index (χ3v) is 4.31. The molecule has 0 spiro atoms. The first kappa shape index (κ1) is 18.2. The van der Waals surface area contributed by atoms with Gasteiger partial charge in [-0.3, -0.25) is 14.5 Å². The van der Waals surface area contributed by atoms with Gasteiger partial charge < -0.3 is 19.8 Å². The van der Waals surface area contributed by atoms with Crippen LogP contribution in [0.1, 0.15) is 26.5 Å². The number of morpholine rings is 1. The van der Waals surface area contributed by atoms with Crippen LogP contribution in [0.5, 0.6) is 0 Å². The number of benzene rings is 1. The standard InChI is InChI=1S/C19H23N3O4/c1-14-4-5-15(13-16(14)21-19(24)17-3-2-10-26-17)18(23)20-6-7-22-8-11-25-12-9-22/h2-5,10,13H,6-9,11-12H2,1H3,(H,20,23)(H,21,24). The molecule has 2 aromatic rings. The molecule has 2 N–H and O–H groups in total. The van der Waals surface area contributed by atoms with Crippen LogP contribution in [-0.2, 0) is 4.74 Å². The van der Waals surface area contributed by atoms with Crippen LogP contribution in [0.3, 0.4) is 0 Å². The van der Waals surface area contributed by atoms with E-state index in [0.717, 1.165) is 38.4 Å². The van der Waals surface area contributed by atoms with Gasteiger partial charge in [-0.15, -0.1) is 0 Å². The molecule has 2 heterocycles. The Morgan fingerprint density at radius 1 is 1.15 bits per heavy atom. The fourth-order valence-corrected chi connectivity index (χ4v) is 2.74. The number of anilines is 1. The molecule has 1 aromatic heterocycles. The van der Waals surface area contributed by atoms with E-state index in [9.17, 15) is 9.59 Å². The third-order valence-electron chi connectivity index (χ3n) is 4.31. The highest BCUT2D eigenvalue weighted by Crippen LogP contribution is 2.18. The summed E-state index contributed by atoms with van der Waals surface area (Å²) >= 11 is 0. The summed E-state index contributed by atoms with van der Waals surface area (Å²) in [5.41, 5.74) is 1.97. The average Bonchev–Trinajstić information content (AvgIpc) is 3.19. The molecule has 1 saturated heterocycles. The number of carbonyl (C=O) groups excluding carboxylic acids is 2. The molecular formula is C19H23N3O4. The van der Waals surface area contributed by atoms with Crippen LogP contribution in [0.2, 0.25) is 0 Å². The zero-order chi connectivity index (χ0) is 18.4. The summed E-state index contributed by atoms with van der Waals surface area (Å²) in [6.07, 6.45) is 1.44. The van der Waals surface area contributed by atoms with Crippen LogP contribution in [0.4, 0.5) is 5.69 Å². The first-order chi connectivity index (χ1) is 12.6. The van der Waals surface area contributed by atoms with Gasteiger partial charge in [-0.25, -0.2) is 0 Å². The van der Waals surface area contributed by atoms with E-state index in [0.29, 0.717) is 17.8 Å². The van der Waals surface area contributed by atoms with Crippen LogP contribution in [0.15, 0.2) is 41.0 Å². The van der Waals surface area contributed by atoms with Crippen molar-refractivity contribution in [3.8, 4) is 0 Å². The number of hydrogen-bond acceptors (Lipinski definition) is 5. The minimum atomic E-state index is -0.344. The molecule has 1 aromatic carbocycles. The summed E-state index contributed by atoms with van der Waals surface area (Å²) in [4.78, 5) is 26.8. The third kappa shape index (κ3) is 4.71. The van der Waals surface area contributed by atoms with Gasteiger partial charge in [0.25, 0.3) is 11.8 Å². The SMILES string of the molecule is Cc1ccc(C(=O)NCCN2CCOCC2)cc1NC(=O)c1ccco1. The van der Waals surface area contributed by atoms with Crippen LogP contribution >= 0.6 is 0 Å². The monoisotopic (exact) mass is 357 g/mol. The van der Waals surface area contributed by atoms with Crippen molar-refractivity contribution in [2.45, 2.75) is 6.92 Å². The molecule has 0 aliphatic carbocycles. The zero-order valence-corrected chi connectivity index (χ0v) is 14.8. The first-order valence-corrected chi connectivity index (χ1v) is 8.67. The smallest absolute Gasteiger partial charge is 0.291 e. The zero-order valence-electron chi connectivity index (χ0n) is 14.8. The van der Waals surface area contributed by atoms with Crippen LogP contribution < -0.4 is 10.6 Å². The summed E-state index contributed by atoms with van der Waals surface area (Å²) < 4.78 is 10.4. The maximum absolute atomic E-state index is 12.4. The number of ether oxygens (including phenoxy) is 1. The lowest BCUT2D eigenvalue weighted by Gasteiger charge is -2.26. The minimum Gasteiger partial charge on any atom is -0.459 e. The second-order valence-corrected chi connectivity index (χ2v) is 6.17. The van der Waals surface area contributed by atoms with Crippen molar-refractivity contribution in [1.29, 1.82) is 0 Å². The summed E-state index contributed by atoms with van der Waals surface area (Å²) in [5, 5.41) is 5.70. The number of nitrogens with zero attached hydrogens (tertiary/aromatic N) is 1. The highest BCUT2D eigenvalue weighted by molar-refractivity contribution is 6.03. The molecule has 7 heteroatoms. The van der Waals surface area contributed by atoms with Crippen LogP contribution in [0, 0.1) is 6.92 Å². The number of nitrogens with one attached hydrogen (secondary N) is 2. The van der Waals surface area contributed by atoms with E-state index in [1.807, 2.05) is 13.0 Å². The highest BCUT2D eigenvalue weighted by atomic mass is 16.5. The van der Waals surface area contributed by atoms with Gasteiger partial charge in [0.15, 0.2) is 5.76 Å². The van der Waals surface area contributed by atoms with Crippen molar-refractivity contribution < 1.29 is 18.7 Å². The lowest BCUT2D eigenvalue weighted by Crippen LogP contribution is -2.41. The van der Waals surface area contributed by atoms with E-state index in [-0.39, 0.29) is 17.6 Å². The molecule has 0 unspecified atom stereocenters. The van der Waals surface area contributed by atoms with Gasteiger partial charge in [-0.1, -0.05) is 6.07 Å². The fraction of sp³-hybridized carbons (Fsp3) is 0.368. The van der Waals surface area contributed by atoms with E-state index in [1.54, 1.807) is 24.3 Å². The highest BCUT2D eigenvalue weighted by Gasteiger charge is 2.14. The lowest BCUT2D eigenvalue weighted by molar-refractivity contribution is 0.0383. The molecule has 138 valence electrons. The number of amides is 2. The van der Waals surface area contributed by atoms with E-state index in [4.69, 9.17) is 9.15 Å². The van der Waals surface area contributed by atoms with Gasteiger partial charge in [0.1, 0.15) is 0 Å². The minimum absolute atomic E-state index is 0.160. The molecule has 7 nitrogen and oxygen atoms in total. The molecule has 1 aliphatic heterocycles. The molecule has 3 rings (SSSR count). The molecule has 0 saturated carbocycles. The molecule has 1 aliphatic rings. The summed E-state index contributed by atoms with van der Waals surface area (Å²) in [7, 11) is 0. The van der Waals surface area contributed by atoms with Gasteiger partial charge in [0, 0.05) is 37.4 Å². The molecule has 0 atom stereocenters. The second-order valence-electron chi connectivity index (χ2n) is 6.17. The largest absolute Gasteiger partial charge is 0.459 e. The Morgan fingerprint density at radius 3 is 2.69 bits per heavy atom. The van der Waals surface area contributed by atoms with Gasteiger partial charge >= 0.3 is 0 Å².